The molecule has 0 radical (unpaired) electrons. The van der Waals surface area contributed by atoms with E-state index in [0.29, 0.717) is 0 Å². The molecule has 0 aliphatic rings. The minimum absolute atomic E-state index is 0.0925. The predicted octanol–water partition coefficient (Wildman–Crippen LogP) is 6.76. The number of rotatable bonds is 3. The molecule has 0 aliphatic heterocycles. The van der Waals surface area contributed by atoms with Crippen molar-refractivity contribution in [2.75, 3.05) is 5.84 Å². The summed E-state index contributed by atoms with van der Waals surface area (Å²) in [6, 6.07) is 14.1. The number of para-hydroxylation sites is 1. The zero-order valence-corrected chi connectivity index (χ0v) is 20.2. The summed E-state index contributed by atoms with van der Waals surface area (Å²) >= 11 is 0. The number of fused-ring (bicyclic) bond motifs is 2. The Bertz CT molecular complexity index is 1140. The first kappa shape index (κ1) is 25.8. The summed E-state index contributed by atoms with van der Waals surface area (Å²) in [6.45, 7) is 16.0. The third kappa shape index (κ3) is 5.10. The van der Waals surface area contributed by atoms with E-state index in [0.717, 1.165) is 44.2 Å². The summed E-state index contributed by atoms with van der Waals surface area (Å²) in [5.41, 5.74) is 5.84. The molecule has 2 aromatic carbocycles. The maximum absolute atomic E-state index is 11.5. The molecule has 2 aromatic heterocycles. The molecule has 4 rings (SSSR count). The molecule has 5 heteroatoms. The van der Waals surface area contributed by atoms with E-state index in [1.165, 1.54) is 0 Å². The molecule has 2 heterocycles. The highest BCUT2D eigenvalue weighted by molar-refractivity contribution is 6.00. The first-order valence-electron chi connectivity index (χ1n) is 11.1. The van der Waals surface area contributed by atoms with Gasteiger partial charge in [-0.15, -0.1) is 0 Å². The maximum Gasteiger partial charge on any atom is 0.323 e. The van der Waals surface area contributed by atoms with E-state index in [1.807, 2.05) is 96.5 Å². The molecule has 0 aliphatic carbocycles. The number of nitrogens with two attached hydrogens (primary N) is 1. The van der Waals surface area contributed by atoms with Gasteiger partial charge in [-0.05, 0) is 37.1 Å². The number of benzene rings is 2. The Labute approximate surface area is 186 Å². The van der Waals surface area contributed by atoms with E-state index >= 15 is 0 Å². The fraction of sp³-hybridized carbons (Fsp3) is 0.346. The van der Waals surface area contributed by atoms with Crippen LogP contribution in [0, 0.1) is 13.8 Å². The van der Waals surface area contributed by atoms with Crippen molar-refractivity contribution in [3.05, 3.63) is 59.8 Å². The van der Waals surface area contributed by atoms with Gasteiger partial charge in [0.05, 0.1) is 11.2 Å². The number of carboxylic acids is 1. The van der Waals surface area contributed by atoms with Gasteiger partial charge in [-0.1, -0.05) is 71.9 Å². The van der Waals surface area contributed by atoms with Gasteiger partial charge in [-0.3, -0.25) is 9.47 Å². The van der Waals surface area contributed by atoms with Crippen LogP contribution in [0.15, 0.2) is 48.7 Å². The molecule has 0 saturated heterocycles. The topological polar surface area (TPSA) is 73.2 Å². The predicted molar refractivity (Wildman–Crippen MR) is 134 cm³/mol. The van der Waals surface area contributed by atoms with E-state index in [-0.39, 0.29) is 6.54 Å². The quantitative estimate of drug-likeness (QED) is 0.358. The fourth-order valence-electron chi connectivity index (χ4n) is 3.69. The number of carboxylic acid groups (broad SMARTS) is 1. The van der Waals surface area contributed by atoms with E-state index < -0.39 is 5.97 Å². The van der Waals surface area contributed by atoms with Gasteiger partial charge in [-0.25, -0.2) is 0 Å². The Kier molecular flexibility index (Phi) is 9.87. The summed E-state index contributed by atoms with van der Waals surface area (Å²) in [5.74, 6) is 5.26. The van der Waals surface area contributed by atoms with Crippen LogP contribution < -0.4 is 5.84 Å². The highest BCUT2D eigenvalue weighted by atomic mass is 16.4. The molecular weight excluding hydrogens is 386 g/mol. The molecule has 168 valence electrons. The number of aromatic nitrogens is 2. The normalized spacial score (nSPS) is 9.81. The van der Waals surface area contributed by atoms with Gasteiger partial charge in [0.15, 0.2) is 0 Å². The fourth-order valence-corrected chi connectivity index (χ4v) is 3.69. The molecule has 0 spiro atoms. The van der Waals surface area contributed by atoms with Gasteiger partial charge in [-0.2, -0.15) is 0 Å². The second kappa shape index (κ2) is 11.8. The Hall–Kier alpha value is -3.21. The SMILES string of the molecule is CC.CC.CC.Cc1ccc2c(C)c(-c3cccc4ccn(N)c34)n(CC(=O)O)c2c1. The lowest BCUT2D eigenvalue weighted by molar-refractivity contribution is -0.137. The highest BCUT2D eigenvalue weighted by Gasteiger charge is 2.20. The van der Waals surface area contributed by atoms with Crippen LogP contribution in [-0.4, -0.2) is 20.3 Å². The summed E-state index contributed by atoms with van der Waals surface area (Å²) in [7, 11) is 0. The summed E-state index contributed by atoms with van der Waals surface area (Å²) in [6.07, 6.45) is 1.82. The molecule has 31 heavy (non-hydrogen) atoms. The minimum Gasteiger partial charge on any atom is -0.480 e. The zero-order chi connectivity index (χ0) is 23.7. The summed E-state index contributed by atoms with van der Waals surface area (Å²) in [4.78, 5) is 11.5. The molecule has 4 aromatic rings. The van der Waals surface area contributed by atoms with Crippen LogP contribution in [0.1, 0.15) is 52.7 Å². The van der Waals surface area contributed by atoms with Gasteiger partial charge < -0.3 is 15.5 Å². The third-order valence-electron chi connectivity index (χ3n) is 4.76. The average molecular weight is 424 g/mol. The number of hydrogen-bond donors (Lipinski definition) is 2. The number of nitrogen functional groups attached to an aromatic ring is 1. The van der Waals surface area contributed by atoms with Gasteiger partial charge >= 0.3 is 5.97 Å². The van der Waals surface area contributed by atoms with Gasteiger partial charge in [0.25, 0.3) is 0 Å². The second-order valence-electron chi connectivity index (χ2n) is 6.44. The van der Waals surface area contributed by atoms with Crippen molar-refractivity contribution in [3.8, 4) is 11.3 Å². The average Bonchev–Trinajstić information content (AvgIpc) is 3.30. The van der Waals surface area contributed by atoms with Crippen LogP contribution in [0.2, 0.25) is 0 Å². The lowest BCUT2D eigenvalue weighted by Gasteiger charge is -2.12. The first-order valence-corrected chi connectivity index (χ1v) is 11.1. The van der Waals surface area contributed by atoms with Crippen molar-refractivity contribution >= 4 is 27.8 Å². The Morgan fingerprint density at radius 2 is 1.61 bits per heavy atom. The van der Waals surface area contributed by atoms with Crippen LogP contribution in [0.5, 0.6) is 0 Å². The zero-order valence-electron chi connectivity index (χ0n) is 20.2. The summed E-state index contributed by atoms with van der Waals surface area (Å²) in [5, 5.41) is 11.5. The Morgan fingerprint density at radius 3 is 2.23 bits per heavy atom. The number of carbonyl (C=O) groups is 1. The minimum atomic E-state index is -0.866. The second-order valence-corrected chi connectivity index (χ2v) is 6.44. The number of nitrogens with zero attached hydrogens (tertiary/aromatic N) is 2. The standard InChI is InChI=1S/C20H19N3O2.3C2H6/c1-12-6-7-15-13(2)19(22(11-18(24)25)17(15)10-12)16-5-3-4-14-8-9-23(21)20(14)16;3*1-2/h3-10H,11,21H2,1-2H3,(H,24,25);3*1-2H3. The molecule has 3 N–H and O–H groups in total. The largest absolute Gasteiger partial charge is 0.480 e. The lowest BCUT2D eigenvalue weighted by Crippen LogP contribution is -2.11. The molecule has 5 nitrogen and oxygen atoms in total. The third-order valence-corrected chi connectivity index (χ3v) is 4.76. The summed E-state index contributed by atoms with van der Waals surface area (Å²) < 4.78 is 3.47. The van der Waals surface area contributed by atoms with E-state index in [4.69, 9.17) is 5.84 Å². The van der Waals surface area contributed by atoms with Crippen molar-refractivity contribution in [1.82, 2.24) is 9.24 Å². The van der Waals surface area contributed by atoms with Crippen LogP contribution in [0.25, 0.3) is 33.1 Å². The molecule has 0 unspecified atom stereocenters. The van der Waals surface area contributed by atoms with Gasteiger partial charge in [0.1, 0.15) is 6.54 Å². The lowest BCUT2D eigenvalue weighted by atomic mass is 10.0. The Balaban J connectivity index is 0.000000739. The van der Waals surface area contributed by atoms with Gasteiger partial charge in [0.2, 0.25) is 0 Å². The molecule has 0 amide bonds. The maximum atomic E-state index is 11.5. The highest BCUT2D eigenvalue weighted by Crippen LogP contribution is 2.37. The van der Waals surface area contributed by atoms with Crippen LogP contribution in [-0.2, 0) is 11.3 Å². The molecule has 0 bridgehead atoms. The molecular formula is C26H37N3O2. The van der Waals surface area contributed by atoms with Crippen molar-refractivity contribution in [1.29, 1.82) is 0 Å². The monoisotopic (exact) mass is 423 g/mol. The molecule has 0 fully saturated rings. The van der Waals surface area contributed by atoms with Crippen LogP contribution in [0.3, 0.4) is 0 Å². The van der Waals surface area contributed by atoms with E-state index in [9.17, 15) is 9.90 Å². The van der Waals surface area contributed by atoms with Crippen molar-refractivity contribution in [2.45, 2.75) is 61.9 Å². The van der Waals surface area contributed by atoms with Crippen molar-refractivity contribution < 1.29 is 9.90 Å². The molecule has 0 saturated carbocycles. The smallest absolute Gasteiger partial charge is 0.323 e. The van der Waals surface area contributed by atoms with Crippen molar-refractivity contribution in [2.24, 2.45) is 0 Å². The van der Waals surface area contributed by atoms with E-state index in [2.05, 4.69) is 12.1 Å². The first-order chi connectivity index (χ1) is 15.0. The van der Waals surface area contributed by atoms with E-state index in [1.54, 1.807) is 4.68 Å². The van der Waals surface area contributed by atoms with Crippen LogP contribution in [0.4, 0.5) is 0 Å². The van der Waals surface area contributed by atoms with Gasteiger partial charge in [0, 0.05) is 28.0 Å². The Morgan fingerprint density at radius 1 is 0.968 bits per heavy atom. The van der Waals surface area contributed by atoms with Crippen LogP contribution >= 0.6 is 0 Å². The number of aryl methyl sites for hydroxylation is 2. The number of aliphatic carboxylic acids is 1. The van der Waals surface area contributed by atoms with Crippen molar-refractivity contribution in [3.63, 3.8) is 0 Å². The molecule has 0 atom stereocenters. The number of hydrogen-bond acceptors (Lipinski definition) is 2.